The number of nitrogens with one attached hydrogen (secondary N) is 1. The summed E-state index contributed by atoms with van der Waals surface area (Å²) >= 11 is 0. The van der Waals surface area contributed by atoms with Crippen LogP contribution in [0.15, 0.2) is 47.6 Å². The number of nitrogens with zero attached hydrogens (tertiary/aromatic N) is 1. The number of benzene rings is 2. The summed E-state index contributed by atoms with van der Waals surface area (Å²) in [7, 11) is 4.63. The maximum Gasteiger partial charge on any atom is 0.326 e. The number of methoxy groups -OCH3 is 2. The lowest BCUT2D eigenvalue weighted by atomic mass is 9.85. The van der Waals surface area contributed by atoms with E-state index in [1.54, 1.807) is 21.1 Å². The zero-order valence-corrected chi connectivity index (χ0v) is 19.4. The maximum atomic E-state index is 13.0. The van der Waals surface area contributed by atoms with Crippen LogP contribution in [0.1, 0.15) is 31.7 Å². The van der Waals surface area contributed by atoms with E-state index in [-0.39, 0.29) is 12.3 Å². The molecular formula is C25H30N2O6. The second kappa shape index (κ2) is 10.4. The SMILES string of the molecule is CON=C1CCCC1(C)C(=O)N[C@@H](Cc1ccc(-c2c(OC)cccc2OC)cc1)C(=O)O. The topological polar surface area (TPSA) is 106 Å². The van der Waals surface area contributed by atoms with Crippen LogP contribution in [-0.4, -0.2) is 50.1 Å². The van der Waals surface area contributed by atoms with Crippen molar-refractivity contribution >= 4 is 17.6 Å². The number of hydrogen-bond donors (Lipinski definition) is 2. The molecule has 1 saturated carbocycles. The molecule has 176 valence electrons. The number of amides is 1. The third-order valence-corrected chi connectivity index (χ3v) is 6.14. The van der Waals surface area contributed by atoms with Gasteiger partial charge in [-0.25, -0.2) is 4.79 Å². The normalized spacial score (nSPS) is 19.7. The Kier molecular flexibility index (Phi) is 7.58. The molecule has 0 heterocycles. The number of oxime groups is 1. The predicted molar refractivity (Wildman–Crippen MR) is 125 cm³/mol. The van der Waals surface area contributed by atoms with Crippen LogP contribution >= 0.6 is 0 Å². The fraction of sp³-hybridized carbons (Fsp3) is 0.400. The van der Waals surface area contributed by atoms with Gasteiger partial charge in [-0.2, -0.15) is 0 Å². The quantitative estimate of drug-likeness (QED) is 0.560. The summed E-state index contributed by atoms with van der Waals surface area (Å²) in [6, 6.07) is 12.0. The lowest BCUT2D eigenvalue weighted by molar-refractivity contribution is -0.142. The van der Waals surface area contributed by atoms with Crippen LogP contribution in [-0.2, 0) is 20.8 Å². The first-order valence-corrected chi connectivity index (χ1v) is 10.8. The molecule has 1 unspecified atom stereocenters. The number of carboxylic acids is 1. The number of carbonyl (C=O) groups is 2. The predicted octanol–water partition coefficient (Wildman–Crippen LogP) is 3.68. The van der Waals surface area contributed by atoms with Gasteiger partial charge in [0.05, 0.1) is 30.9 Å². The van der Waals surface area contributed by atoms with Gasteiger partial charge < -0.3 is 24.7 Å². The van der Waals surface area contributed by atoms with Gasteiger partial charge in [0.15, 0.2) is 0 Å². The van der Waals surface area contributed by atoms with E-state index >= 15 is 0 Å². The fourth-order valence-corrected chi connectivity index (χ4v) is 4.23. The average molecular weight is 455 g/mol. The van der Waals surface area contributed by atoms with E-state index in [2.05, 4.69) is 10.5 Å². The van der Waals surface area contributed by atoms with Crippen molar-refractivity contribution in [2.75, 3.05) is 21.3 Å². The summed E-state index contributed by atoms with van der Waals surface area (Å²) in [5.74, 6) is -0.0866. The first kappa shape index (κ1) is 24.1. The molecule has 2 aromatic carbocycles. The Hall–Kier alpha value is -3.55. The van der Waals surface area contributed by atoms with E-state index in [4.69, 9.17) is 14.3 Å². The first-order valence-electron chi connectivity index (χ1n) is 10.8. The van der Waals surface area contributed by atoms with Crippen LogP contribution < -0.4 is 14.8 Å². The van der Waals surface area contributed by atoms with Crippen molar-refractivity contribution < 1.29 is 29.0 Å². The lowest BCUT2D eigenvalue weighted by Gasteiger charge is -2.25. The van der Waals surface area contributed by atoms with Crippen molar-refractivity contribution in [3.63, 3.8) is 0 Å². The molecule has 2 N–H and O–H groups in total. The Balaban J connectivity index is 1.78. The van der Waals surface area contributed by atoms with E-state index in [0.29, 0.717) is 30.1 Å². The van der Waals surface area contributed by atoms with Gasteiger partial charge >= 0.3 is 5.97 Å². The highest BCUT2D eigenvalue weighted by Crippen LogP contribution is 2.38. The molecule has 1 aliphatic rings. The third kappa shape index (κ3) is 5.10. The van der Waals surface area contributed by atoms with Crippen molar-refractivity contribution in [1.82, 2.24) is 5.32 Å². The van der Waals surface area contributed by atoms with Gasteiger partial charge in [0.1, 0.15) is 24.7 Å². The van der Waals surface area contributed by atoms with Gasteiger partial charge in [-0.05, 0) is 49.4 Å². The standard InChI is InChI=1S/C25H30N2O6/c1-25(14-6-9-21(25)27-33-4)24(30)26-18(23(28)29)15-16-10-12-17(13-11-16)22-19(31-2)7-5-8-20(22)32-3/h5,7-8,10-13,18H,6,9,14-15H2,1-4H3,(H,26,30)(H,28,29)/t18-,25?/m0/s1. The second-order valence-corrected chi connectivity index (χ2v) is 8.21. The van der Waals surface area contributed by atoms with Crippen molar-refractivity contribution in [3.05, 3.63) is 48.0 Å². The maximum absolute atomic E-state index is 13.0. The van der Waals surface area contributed by atoms with E-state index < -0.39 is 17.4 Å². The Labute approximate surface area is 193 Å². The van der Waals surface area contributed by atoms with E-state index in [0.717, 1.165) is 23.1 Å². The molecule has 0 radical (unpaired) electrons. The minimum atomic E-state index is -1.09. The van der Waals surface area contributed by atoms with Gasteiger partial charge in [0.2, 0.25) is 5.91 Å². The molecule has 1 fully saturated rings. The summed E-state index contributed by atoms with van der Waals surface area (Å²) in [6.07, 6.45) is 2.21. The van der Waals surface area contributed by atoms with Crippen LogP contribution in [0, 0.1) is 5.41 Å². The van der Waals surface area contributed by atoms with Crippen LogP contribution in [0.3, 0.4) is 0 Å². The molecule has 0 aromatic heterocycles. The molecule has 0 spiro atoms. The minimum absolute atomic E-state index is 0.150. The fourth-order valence-electron chi connectivity index (χ4n) is 4.23. The largest absolute Gasteiger partial charge is 0.496 e. The zero-order chi connectivity index (χ0) is 24.0. The van der Waals surface area contributed by atoms with Crippen LogP contribution in [0.4, 0.5) is 0 Å². The molecule has 8 heteroatoms. The number of aliphatic carboxylic acids is 1. The first-order chi connectivity index (χ1) is 15.8. The van der Waals surface area contributed by atoms with E-state index in [9.17, 15) is 14.7 Å². The number of hydrogen-bond acceptors (Lipinski definition) is 6. The molecule has 8 nitrogen and oxygen atoms in total. The van der Waals surface area contributed by atoms with Crippen LogP contribution in [0.25, 0.3) is 11.1 Å². The minimum Gasteiger partial charge on any atom is -0.496 e. The Bertz CT molecular complexity index is 1010. The van der Waals surface area contributed by atoms with E-state index in [1.165, 1.54) is 7.11 Å². The third-order valence-electron chi connectivity index (χ3n) is 6.14. The van der Waals surface area contributed by atoms with Gasteiger partial charge in [0.25, 0.3) is 0 Å². The molecule has 0 aliphatic heterocycles. The lowest BCUT2D eigenvalue weighted by Crippen LogP contribution is -2.50. The monoisotopic (exact) mass is 454 g/mol. The van der Waals surface area contributed by atoms with Gasteiger partial charge in [-0.3, -0.25) is 4.79 Å². The van der Waals surface area contributed by atoms with Crippen molar-refractivity contribution in [1.29, 1.82) is 0 Å². The van der Waals surface area contributed by atoms with Gasteiger partial charge in [-0.15, -0.1) is 0 Å². The smallest absolute Gasteiger partial charge is 0.326 e. The molecule has 3 rings (SSSR count). The summed E-state index contributed by atoms with van der Waals surface area (Å²) in [5.41, 5.74) is 2.25. The number of ether oxygens (including phenoxy) is 2. The summed E-state index contributed by atoms with van der Waals surface area (Å²) in [4.78, 5) is 29.8. The van der Waals surface area contributed by atoms with Crippen molar-refractivity contribution in [2.45, 2.75) is 38.6 Å². The highest BCUT2D eigenvalue weighted by molar-refractivity contribution is 6.10. The zero-order valence-electron chi connectivity index (χ0n) is 19.4. The van der Waals surface area contributed by atoms with E-state index in [1.807, 2.05) is 42.5 Å². The van der Waals surface area contributed by atoms with Crippen molar-refractivity contribution in [3.8, 4) is 22.6 Å². The average Bonchev–Trinajstić information content (AvgIpc) is 3.20. The highest BCUT2D eigenvalue weighted by atomic mass is 16.6. The molecule has 33 heavy (non-hydrogen) atoms. The molecule has 1 aliphatic carbocycles. The number of rotatable bonds is 9. The van der Waals surface area contributed by atoms with Crippen molar-refractivity contribution in [2.24, 2.45) is 10.6 Å². The second-order valence-electron chi connectivity index (χ2n) is 8.21. The molecule has 2 aromatic rings. The number of carbonyl (C=O) groups excluding carboxylic acids is 1. The van der Waals surface area contributed by atoms with Gasteiger partial charge in [0, 0.05) is 6.42 Å². The van der Waals surface area contributed by atoms with Crippen LogP contribution in [0.2, 0.25) is 0 Å². The Morgan fingerprint density at radius 3 is 2.27 bits per heavy atom. The Morgan fingerprint density at radius 2 is 1.73 bits per heavy atom. The molecule has 0 bridgehead atoms. The van der Waals surface area contributed by atoms with Crippen LogP contribution in [0.5, 0.6) is 11.5 Å². The summed E-state index contributed by atoms with van der Waals surface area (Å²) in [5, 5.41) is 16.4. The highest BCUT2D eigenvalue weighted by Gasteiger charge is 2.44. The molecular weight excluding hydrogens is 424 g/mol. The molecule has 0 saturated heterocycles. The summed E-state index contributed by atoms with van der Waals surface area (Å²) in [6.45, 7) is 1.78. The summed E-state index contributed by atoms with van der Waals surface area (Å²) < 4.78 is 10.9. The molecule has 2 atom stereocenters. The Morgan fingerprint density at radius 1 is 1.09 bits per heavy atom. The van der Waals surface area contributed by atoms with Gasteiger partial charge in [-0.1, -0.05) is 35.5 Å². The molecule has 1 amide bonds. The number of carboxylic acid groups (broad SMARTS) is 1.